The minimum atomic E-state index is -0.153. The normalized spacial score (nSPS) is 18.3. The minimum absolute atomic E-state index is 0.0246. The van der Waals surface area contributed by atoms with Crippen LogP contribution in [0.4, 0.5) is 0 Å². The molecular weight excluding hydrogens is 298 g/mol. The molecule has 1 amide bonds. The van der Waals surface area contributed by atoms with Crippen LogP contribution in [0.1, 0.15) is 29.6 Å². The third-order valence-corrected chi connectivity index (χ3v) is 5.02. The first-order valence-electron chi connectivity index (χ1n) is 4.77. The Morgan fingerprint density at radius 2 is 2.33 bits per heavy atom. The van der Waals surface area contributed by atoms with Gasteiger partial charge in [0, 0.05) is 21.1 Å². The highest BCUT2D eigenvalue weighted by atomic mass is 79.9. The maximum atomic E-state index is 11.9. The molecule has 82 valence electrons. The van der Waals surface area contributed by atoms with Crippen molar-refractivity contribution in [3.63, 3.8) is 0 Å². The second-order valence-electron chi connectivity index (χ2n) is 3.86. The van der Waals surface area contributed by atoms with Crippen LogP contribution in [0.15, 0.2) is 15.2 Å². The standard InChI is InChI=1S/C10H11BrClNOS/c11-8-5-15-4-7(8)9(14)13-10(6-12)2-1-3-10/h4-5H,1-3,6H2,(H,13,14). The molecular formula is C10H11BrClNOS. The fourth-order valence-corrected chi connectivity index (χ4v) is 3.44. The van der Waals surface area contributed by atoms with Crippen molar-refractivity contribution in [2.24, 2.45) is 0 Å². The van der Waals surface area contributed by atoms with E-state index >= 15 is 0 Å². The van der Waals surface area contributed by atoms with Crippen LogP contribution >= 0.6 is 38.9 Å². The number of halogens is 2. The summed E-state index contributed by atoms with van der Waals surface area (Å²) < 4.78 is 0.856. The highest BCUT2D eigenvalue weighted by Gasteiger charge is 2.37. The van der Waals surface area contributed by atoms with Crippen LogP contribution in [-0.2, 0) is 0 Å². The summed E-state index contributed by atoms with van der Waals surface area (Å²) in [6.45, 7) is 0. The Morgan fingerprint density at radius 3 is 2.73 bits per heavy atom. The smallest absolute Gasteiger partial charge is 0.253 e. The highest BCUT2D eigenvalue weighted by Crippen LogP contribution is 2.33. The molecule has 1 N–H and O–H groups in total. The van der Waals surface area contributed by atoms with E-state index in [2.05, 4.69) is 21.2 Å². The summed E-state index contributed by atoms with van der Waals surface area (Å²) in [4.78, 5) is 11.9. The van der Waals surface area contributed by atoms with Gasteiger partial charge in [0.05, 0.1) is 11.1 Å². The molecule has 0 atom stereocenters. The number of alkyl halides is 1. The Kier molecular flexibility index (Phi) is 3.38. The largest absolute Gasteiger partial charge is 0.345 e. The number of rotatable bonds is 3. The van der Waals surface area contributed by atoms with Crippen LogP contribution in [0.2, 0.25) is 0 Å². The van der Waals surface area contributed by atoms with Crippen LogP contribution in [0, 0.1) is 0 Å². The molecule has 1 aliphatic rings. The van der Waals surface area contributed by atoms with E-state index in [9.17, 15) is 4.79 Å². The predicted octanol–water partition coefficient (Wildman–Crippen LogP) is 3.40. The van der Waals surface area contributed by atoms with Crippen molar-refractivity contribution >= 4 is 44.8 Å². The van der Waals surface area contributed by atoms with Crippen LogP contribution in [0.5, 0.6) is 0 Å². The number of carbonyl (C=O) groups excluding carboxylic acids is 1. The van der Waals surface area contributed by atoms with Gasteiger partial charge in [0.2, 0.25) is 0 Å². The molecule has 1 heterocycles. The first-order chi connectivity index (χ1) is 7.17. The second kappa shape index (κ2) is 4.44. The lowest BCUT2D eigenvalue weighted by Gasteiger charge is -2.40. The molecule has 0 radical (unpaired) electrons. The van der Waals surface area contributed by atoms with Crippen molar-refractivity contribution in [3.8, 4) is 0 Å². The molecule has 1 saturated carbocycles. The summed E-state index contributed by atoms with van der Waals surface area (Å²) in [7, 11) is 0. The molecule has 1 aromatic rings. The van der Waals surface area contributed by atoms with Gasteiger partial charge in [0.15, 0.2) is 0 Å². The number of thiophene rings is 1. The van der Waals surface area contributed by atoms with E-state index in [0.717, 1.165) is 23.7 Å². The van der Waals surface area contributed by atoms with Gasteiger partial charge in [0.25, 0.3) is 5.91 Å². The first kappa shape index (κ1) is 11.4. The minimum Gasteiger partial charge on any atom is -0.345 e. The molecule has 0 unspecified atom stereocenters. The monoisotopic (exact) mass is 307 g/mol. The molecule has 5 heteroatoms. The highest BCUT2D eigenvalue weighted by molar-refractivity contribution is 9.10. The molecule has 0 bridgehead atoms. The quantitative estimate of drug-likeness (QED) is 0.852. The van der Waals surface area contributed by atoms with E-state index < -0.39 is 0 Å². The lowest BCUT2D eigenvalue weighted by molar-refractivity contribution is 0.0853. The molecule has 0 aliphatic heterocycles. The number of nitrogens with one attached hydrogen (secondary N) is 1. The fourth-order valence-electron chi connectivity index (χ4n) is 1.65. The van der Waals surface area contributed by atoms with Crippen molar-refractivity contribution in [3.05, 3.63) is 20.8 Å². The van der Waals surface area contributed by atoms with Crippen molar-refractivity contribution in [1.82, 2.24) is 5.32 Å². The second-order valence-corrected chi connectivity index (χ2v) is 5.72. The van der Waals surface area contributed by atoms with Crippen LogP contribution in [0.25, 0.3) is 0 Å². The van der Waals surface area contributed by atoms with Gasteiger partial charge < -0.3 is 5.32 Å². The average Bonchev–Trinajstić information content (AvgIpc) is 2.58. The summed E-state index contributed by atoms with van der Waals surface area (Å²) in [6.07, 6.45) is 3.13. The van der Waals surface area contributed by atoms with Crippen molar-refractivity contribution in [2.45, 2.75) is 24.8 Å². The topological polar surface area (TPSA) is 29.1 Å². The molecule has 1 fully saturated rings. The molecule has 1 aromatic heterocycles. The van der Waals surface area contributed by atoms with Crippen LogP contribution in [-0.4, -0.2) is 17.3 Å². The van der Waals surface area contributed by atoms with E-state index in [1.165, 1.54) is 11.3 Å². The van der Waals surface area contributed by atoms with E-state index in [1.807, 2.05) is 10.8 Å². The van der Waals surface area contributed by atoms with Gasteiger partial charge in [-0.15, -0.1) is 11.6 Å². The van der Waals surface area contributed by atoms with E-state index in [4.69, 9.17) is 11.6 Å². The zero-order valence-corrected chi connectivity index (χ0v) is 11.2. The van der Waals surface area contributed by atoms with Crippen molar-refractivity contribution < 1.29 is 4.79 Å². The van der Waals surface area contributed by atoms with E-state index in [0.29, 0.717) is 11.4 Å². The van der Waals surface area contributed by atoms with Gasteiger partial charge in [-0.25, -0.2) is 0 Å². The molecule has 2 nitrogen and oxygen atoms in total. The maximum Gasteiger partial charge on any atom is 0.253 e. The predicted molar refractivity (Wildman–Crippen MR) is 66.8 cm³/mol. The van der Waals surface area contributed by atoms with Gasteiger partial charge in [-0.05, 0) is 35.2 Å². The zero-order chi connectivity index (χ0) is 10.9. The Balaban J connectivity index is 2.07. The van der Waals surface area contributed by atoms with E-state index in [1.54, 1.807) is 0 Å². The SMILES string of the molecule is O=C(NC1(CCl)CCC1)c1cscc1Br. The molecule has 0 spiro atoms. The lowest BCUT2D eigenvalue weighted by atomic mass is 9.78. The van der Waals surface area contributed by atoms with Crippen LogP contribution in [0.3, 0.4) is 0 Å². The Hall–Kier alpha value is -0.0600. The third-order valence-electron chi connectivity index (χ3n) is 2.80. The molecule has 15 heavy (non-hydrogen) atoms. The summed E-state index contributed by atoms with van der Waals surface area (Å²) >= 11 is 10.7. The Labute approximate surface area is 106 Å². The zero-order valence-electron chi connectivity index (χ0n) is 8.06. The van der Waals surface area contributed by atoms with Crippen molar-refractivity contribution in [2.75, 3.05) is 5.88 Å². The van der Waals surface area contributed by atoms with E-state index in [-0.39, 0.29) is 11.4 Å². The van der Waals surface area contributed by atoms with Gasteiger partial charge >= 0.3 is 0 Å². The Bertz CT molecular complexity index is 370. The number of carbonyl (C=O) groups is 1. The van der Waals surface area contributed by atoms with Gasteiger partial charge in [-0.3, -0.25) is 4.79 Å². The molecule has 1 aliphatic carbocycles. The maximum absolute atomic E-state index is 11.9. The van der Waals surface area contributed by atoms with Gasteiger partial charge in [-0.1, -0.05) is 0 Å². The summed E-state index contributed by atoms with van der Waals surface area (Å²) in [5.74, 6) is 0.476. The molecule has 2 rings (SSSR count). The van der Waals surface area contributed by atoms with Crippen LogP contribution < -0.4 is 5.32 Å². The molecule has 0 saturated heterocycles. The van der Waals surface area contributed by atoms with Gasteiger partial charge in [-0.2, -0.15) is 11.3 Å². The lowest BCUT2D eigenvalue weighted by Crippen LogP contribution is -2.55. The fraction of sp³-hybridized carbons (Fsp3) is 0.500. The average molecular weight is 309 g/mol. The number of amides is 1. The first-order valence-corrected chi connectivity index (χ1v) is 7.04. The number of hydrogen-bond donors (Lipinski definition) is 1. The number of hydrogen-bond acceptors (Lipinski definition) is 2. The summed E-state index contributed by atoms with van der Waals surface area (Å²) in [5.41, 5.74) is 0.552. The Morgan fingerprint density at radius 1 is 1.60 bits per heavy atom. The third kappa shape index (κ3) is 2.22. The summed E-state index contributed by atoms with van der Waals surface area (Å²) in [6, 6.07) is 0. The van der Waals surface area contributed by atoms with Crippen molar-refractivity contribution in [1.29, 1.82) is 0 Å². The van der Waals surface area contributed by atoms with Gasteiger partial charge in [0.1, 0.15) is 0 Å². The summed E-state index contributed by atoms with van der Waals surface area (Å²) in [5, 5.41) is 6.78. The molecule has 0 aromatic carbocycles.